The molecule has 1 aliphatic heterocycles. The van der Waals surface area contributed by atoms with Crippen LogP contribution in [0.3, 0.4) is 0 Å². The first-order valence-corrected chi connectivity index (χ1v) is 6.14. The van der Waals surface area contributed by atoms with Crippen molar-refractivity contribution in [3.8, 4) is 0 Å². The average Bonchev–Trinajstić information content (AvgIpc) is 2.77. The van der Waals surface area contributed by atoms with Gasteiger partial charge in [0.2, 0.25) is 0 Å². The fourth-order valence-corrected chi connectivity index (χ4v) is 2.58. The Bertz CT molecular complexity index is 296. The highest BCUT2D eigenvalue weighted by molar-refractivity contribution is 7.15. The summed E-state index contributed by atoms with van der Waals surface area (Å²) in [5, 5.41) is 5.38. The number of hydrogen-bond acceptors (Lipinski definition) is 3. The summed E-state index contributed by atoms with van der Waals surface area (Å²) in [6.45, 7) is 3.04. The number of halogens is 1. The van der Waals surface area contributed by atoms with Crippen molar-refractivity contribution in [1.29, 1.82) is 0 Å². The Morgan fingerprint density at radius 1 is 1.71 bits per heavy atom. The summed E-state index contributed by atoms with van der Waals surface area (Å²) in [4.78, 5) is 0. The molecule has 4 heteroatoms. The molecule has 0 bridgehead atoms. The highest BCUT2D eigenvalue weighted by atomic mass is 35.5. The number of thiophene rings is 1. The van der Waals surface area contributed by atoms with E-state index >= 15 is 0 Å². The molecule has 0 amide bonds. The molecule has 2 unspecified atom stereocenters. The predicted molar refractivity (Wildman–Crippen MR) is 61.4 cm³/mol. The minimum absolute atomic E-state index is 0.338. The topological polar surface area (TPSA) is 21.3 Å². The first-order chi connectivity index (χ1) is 6.77. The van der Waals surface area contributed by atoms with Crippen LogP contribution in [0.5, 0.6) is 0 Å². The van der Waals surface area contributed by atoms with Gasteiger partial charge in [-0.15, -0.1) is 11.3 Å². The number of anilines is 1. The molecule has 0 aromatic carbocycles. The monoisotopic (exact) mass is 231 g/mol. The zero-order valence-corrected chi connectivity index (χ0v) is 9.70. The van der Waals surface area contributed by atoms with Gasteiger partial charge in [0, 0.05) is 12.6 Å². The zero-order valence-electron chi connectivity index (χ0n) is 8.13. The van der Waals surface area contributed by atoms with Crippen molar-refractivity contribution in [2.45, 2.75) is 31.9 Å². The molecule has 1 aromatic rings. The molecule has 1 aromatic heterocycles. The lowest BCUT2D eigenvalue weighted by atomic mass is 10.1. The van der Waals surface area contributed by atoms with Crippen molar-refractivity contribution in [2.75, 3.05) is 11.9 Å². The van der Waals surface area contributed by atoms with E-state index in [0.29, 0.717) is 12.1 Å². The molecular formula is C10H14ClNOS. The van der Waals surface area contributed by atoms with Crippen molar-refractivity contribution in [1.82, 2.24) is 0 Å². The molecule has 1 aliphatic rings. The van der Waals surface area contributed by atoms with E-state index in [0.717, 1.165) is 23.1 Å². The van der Waals surface area contributed by atoms with Crippen LogP contribution in [0.2, 0.25) is 4.34 Å². The van der Waals surface area contributed by atoms with Gasteiger partial charge in [-0.3, -0.25) is 0 Å². The van der Waals surface area contributed by atoms with Crippen LogP contribution in [0, 0.1) is 0 Å². The van der Waals surface area contributed by atoms with E-state index in [-0.39, 0.29) is 0 Å². The van der Waals surface area contributed by atoms with Crippen LogP contribution < -0.4 is 5.32 Å². The quantitative estimate of drug-likeness (QED) is 0.861. The van der Waals surface area contributed by atoms with Crippen LogP contribution >= 0.6 is 22.9 Å². The van der Waals surface area contributed by atoms with Crippen LogP contribution in [-0.4, -0.2) is 18.8 Å². The smallest absolute Gasteiger partial charge is 0.116 e. The molecule has 0 aliphatic carbocycles. The minimum atomic E-state index is 0.338. The standard InChI is InChI=1S/C10H14ClNOS/c1-7(9-3-2-5-13-9)12-8-4-6-14-10(8)11/h4,6-7,9,12H,2-3,5H2,1H3. The molecule has 78 valence electrons. The zero-order chi connectivity index (χ0) is 9.97. The van der Waals surface area contributed by atoms with E-state index in [4.69, 9.17) is 16.3 Å². The van der Waals surface area contributed by atoms with Gasteiger partial charge < -0.3 is 10.1 Å². The van der Waals surface area contributed by atoms with Crippen LogP contribution in [0.15, 0.2) is 11.4 Å². The first-order valence-electron chi connectivity index (χ1n) is 4.88. The normalized spacial score (nSPS) is 23.7. The largest absolute Gasteiger partial charge is 0.378 e. The summed E-state index contributed by atoms with van der Waals surface area (Å²) in [7, 11) is 0. The maximum Gasteiger partial charge on any atom is 0.116 e. The Morgan fingerprint density at radius 2 is 2.57 bits per heavy atom. The molecule has 2 atom stereocenters. The summed E-state index contributed by atoms with van der Waals surface area (Å²) in [5.74, 6) is 0. The predicted octanol–water partition coefficient (Wildman–Crippen LogP) is 3.38. The Labute approximate surface area is 93.2 Å². The van der Waals surface area contributed by atoms with Crippen LogP contribution in [0.4, 0.5) is 5.69 Å². The van der Waals surface area contributed by atoms with E-state index in [1.807, 2.05) is 11.4 Å². The van der Waals surface area contributed by atoms with Crippen molar-refractivity contribution < 1.29 is 4.74 Å². The summed E-state index contributed by atoms with van der Waals surface area (Å²) >= 11 is 7.56. The Morgan fingerprint density at radius 3 is 3.14 bits per heavy atom. The molecular weight excluding hydrogens is 218 g/mol. The van der Waals surface area contributed by atoms with Gasteiger partial charge >= 0.3 is 0 Å². The van der Waals surface area contributed by atoms with Gasteiger partial charge in [-0.1, -0.05) is 11.6 Å². The van der Waals surface area contributed by atoms with Crippen LogP contribution in [-0.2, 0) is 4.74 Å². The first kappa shape index (κ1) is 10.3. The third kappa shape index (κ3) is 2.22. The van der Waals surface area contributed by atoms with E-state index in [9.17, 15) is 0 Å². The number of hydrogen-bond donors (Lipinski definition) is 1. The Hall–Kier alpha value is -0.250. The maximum atomic E-state index is 6.01. The molecule has 2 heterocycles. The van der Waals surface area contributed by atoms with Crippen LogP contribution in [0.1, 0.15) is 19.8 Å². The van der Waals surface area contributed by atoms with Crippen molar-refractivity contribution in [2.24, 2.45) is 0 Å². The molecule has 0 radical (unpaired) electrons. The SMILES string of the molecule is CC(Nc1ccsc1Cl)C1CCCO1. The van der Waals surface area contributed by atoms with E-state index in [2.05, 4.69) is 12.2 Å². The third-order valence-electron chi connectivity index (χ3n) is 2.52. The van der Waals surface area contributed by atoms with E-state index in [1.54, 1.807) is 11.3 Å². The molecule has 1 saturated heterocycles. The lowest BCUT2D eigenvalue weighted by Gasteiger charge is -2.20. The molecule has 1 fully saturated rings. The number of ether oxygens (including phenoxy) is 1. The van der Waals surface area contributed by atoms with Crippen molar-refractivity contribution in [3.05, 3.63) is 15.8 Å². The summed E-state index contributed by atoms with van der Waals surface area (Å²) in [6.07, 6.45) is 2.66. The highest BCUT2D eigenvalue weighted by Crippen LogP contribution is 2.29. The third-order valence-corrected chi connectivity index (χ3v) is 3.69. The Kier molecular flexibility index (Phi) is 3.31. The lowest BCUT2D eigenvalue weighted by molar-refractivity contribution is 0.0997. The van der Waals surface area contributed by atoms with E-state index < -0.39 is 0 Å². The van der Waals surface area contributed by atoms with Crippen LogP contribution in [0.25, 0.3) is 0 Å². The number of nitrogens with one attached hydrogen (secondary N) is 1. The van der Waals surface area contributed by atoms with Gasteiger partial charge in [0.05, 0.1) is 11.8 Å². The van der Waals surface area contributed by atoms with Gasteiger partial charge in [-0.05, 0) is 31.2 Å². The molecule has 1 N–H and O–H groups in total. The second-order valence-electron chi connectivity index (χ2n) is 3.59. The number of rotatable bonds is 3. The van der Waals surface area contributed by atoms with Gasteiger partial charge in [-0.25, -0.2) is 0 Å². The molecule has 0 spiro atoms. The summed E-state index contributed by atoms with van der Waals surface area (Å²) < 4.78 is 6.43. The van der Waals surface area contributed by atoms with Gasteiger partial charge in [-0.2, -0.15) is 0 Å². The fraction of sp³-hybridized carbons (Fsp3) is 0.600. The summed E-state index contributed by atoms with van der Waals surface area (Å²) in [6, 6.07) is 2.35. The summed E-state index contributed by atoms with van der Waals surface area (Å²) in [5.41, 5.74) is 1.03. The Balaban J connectivity index is 1.93. The molecule has 2 rings (SSSR count). The van der Waals surface area contributed by atoms with Gasteiger partial charge in [0.15, 0.2) is 0 Å². The fourth-order valence-electron chi connectivity index (χ4n) is 1.73. The second-order valence-corrected chi connectivity index (χ2v) is 5.11. The van der Waals surface area contributed by atoms with Crippen molar-refractivity contribution >= 4 is 28.6 Å². The van der Waals surface area contributed by atoms with Gasteiger partial charge in [0.1, 0.15) is 4.34 Å². The highest BCUT2D eigenvalue weighted by Gasteiger charge is 2.22. The average molecular weight is 232 g/mol. The molecule has 2 nitrogen and oxygen atoms in total. The second kappa shape index (κ2) is 4.51. The minimum Gasteiger partial charge on any atom is -0.378 e. The van der Waals surface area contributed by atoms with E-state index in [1.165, 1.54) is 6.42 Å². The van der Waals surface area contributed by atoms with Crippen molar-refractivity contribution in [3.63, 3.8) is 0 Å². The molecule has 0 saturated carbocycles. The lowest BCUT2D eigenvalue weighted by Crippen LogP contribution is -2.29. The molecule has 14 heavy (non-hydrogen) atoms. The maximum absolute atomic E-state index is 6.01. The van der Waals surface area contributed by atoms with Gasteiger partial charge in [0.25, 0.3) is 0 Å².